The summed E-state index contributed by atoms with van der Waals surface area (Å²) >= 11 is 0. The second-order valence-electron chi connectivity index (χ2n) is 5.56. The number of rotatable bonds is 4. The second kappa shape index (κ2) is 5.99. The molecular weight excluding hydrogens is 200 g/mol. The number of nitrogens with two attached hydrogens (primary N) is 1. The Morgan fingerprint density at radius 3 is 2.62 bits per heavy atom. The molecule has 3 atom stereocenters. The Balaban J connectivity index is 1.70. The summed E-state index contributed by atoms with van der Waals surface area (Å²) in [5, 5.41) is 0. The summed E-state index contributed by atoms with van der Waals surface area (Å²) in [6, 6.07) is 0.431. The van der Waals surface area contributed by atoms with Crippen LogP contribution in [0.15, 0.2) is 0 Å². The highest BCUT2D eigenvalue weighted by atomic mass is 16.5. The van der Waals surface area contributed by atoms with Gasteiger partial charge in [-0.15, -0.1) is 0 Å². The summed E-state index contributed by atoms with van der Waals surface area (Å²) in [7, 11) is 2.21. The van der Waals surface area contributed by atoms with Gasteiger partial charge < -0.3 is 15.4 Å². The molecule has 16 heavy (non-hydrogen) atoms. The van der Waals surface area contributed by atoms with E-state index in [0.29, 0.717) is 18.1 Å². The summed E-state index contributed by atoms with van der Waals surface area (Å²) in [4.78, 5) is 2.42. The lowest BCUT2D eigenvalue weighted by molar-refractivity contribution is 0.0727. The summed E-state index contributed by atoms with van der Waals surface area (Å²) < 4.78 is 5.67. The maximum atomic E-state index is 6.18. The summed E-state index contributed by atoms with van der Waals surface area (Å²) in [5.41, 5.74) is 6.18. The van der Waals surface area contributed by atoms with Gasteiger partial charge in [0.25, 0.3) is 0 Å². The fraction of sp³-hybridized carbons (Fsp3) is 1.00. The predicted molar refractivity (Wildman–Crippen MR) is 66.4 cm³/mol. The first-order chi connectivity index (χ1) is 7.75. The van der Waals surface area contributed by atoms with Crippen LogP contribution in [0.2, 0.25) is 0 Å². The summed E-state index contributed by atoms with van der Waals surface area (Å²) in [6.45, 7) is 3.20. The van der Waals surface area contributed by atoms with Gasteiger partial charge >= 0.3 is 0 Å². The molecule has 2 fully saturated rings. The van der Waals surface area contributed by atoms with E-state index in [1.54, 1.807) is 0 Å². The van der Waals surface area contributed by atoms with Crippen molar-refractivity contribution >= 4 is 0 Å². The zero-order chi connectivity index (χ0) is 11.4. The van der Waals surface area contributed by atoms with Crippen molar-refractivity contribution in [3.05, 3.63) is 0 Å². The van der Waals surface area contributed by atoms with E-state index >= 15 is 0 Å². The molecule has 1 aliphatic carbocycles. The topological polar surface area (TPSA) is 38.5 Å². The third kappa shape index (κ3) is 3.44. The highest BCUT2D eigenvalue weighted by Gasteiger charge is 2.24. The van der Waals surface area contributed by atoms with Crippen molar-refractivity contribution in [2.45, 2.75) is 50.7 Å². The molecule has 3 heteroatoms. The van der Waals surface area contributed by atoms with Gasteiger partial charge in [0.1, 0.15) is 0 Å². The first-order valence-corrected chi connectivity index (χ1v) is 6.81. The molecule has 1 saturated carbocycles. The normalized spacial score (nSPS) is 35.8. The van der Waals surface area contributed by atoms with E-state index in [4.69, 9.17) is 10.5 Å². The van der Waals surface area contributed by atoms with E-state index in [1.807, 2.05) is 0 Å². The van der Waals surface area contributed by atoms with Crippen molar-refractivity contribution in [3.8, 4) is 0 Å². The van der Waals surface area contributed by atoms with Crippen molar-refractivity contribution < 1.29 is 4.74 Å². The second-order valence-corrected chi connectivity index (χ2v) is 5.56. The van der Waals surface area contributed by atoms with Crippen LogP contribution in [0, 0.1) is 5.92 Å². The first-order valence-electron chi connectivity index (χ1n) is 6.81. The van der Waals surface area contributed by atoms with Crippen molar-refractivity contribution in [1.82, 2.24) is 4.90 Å². The van der Waals surface area contributed by atoms with Crippen molar-refractivity contribution in [1.29, 1.82) is 0 Å². The molecule has 0 spiro atoms. The number of ether oxygens (including phenoxy) is 1. The number of hydrogen-bond donors (Lipinski definition) is 1. The zero-order valence-corrected chi connectivity index (χ0v) is 10.5. The van der Waals surface area contributed by atoms with Gasteiger partial charge in [-0.1, -0.05) is 12.8 Å². The van der Waals surface area contributed by atoms with E-state index in [0.717, 1.165) is 19.7 Å². The predicted octanol–water partition coefficient (Wildman–Crippen LogP) is 1.61. The highest BCUT2D eigenvalue weighted by molar-refractivity contribution is 4.80. The van der Waals surface area contributed by atoms with Gasteiger partial charge in [0.2, 0.25) is 0 Å². The van der Waals surface area contributed by atoms with Crippen LogP contribution < -0.4 is 5.73 Å². The lowest BCUT2D eigenvalue weighted by Crippen LogP contribution is -2.41. The van der Waals surface area contributed by atoms with Crippen LogP contribution in [-0.4, -0.2) is 43.8 Å². The fourth-order valence-electron chi connectivity index (χ4n) is 3.07. The number of nitrogens with zero attached hydrogens (tertiary/aromatic N) is 1. The van der Waals surface area contributed by atoms with Crippen LogP contribution in [0.1, 0.15) is 38.5 Å². The minimum Gasteiger partial charge on any atom is -0.377 e. The largest absolute Gasteiger partial charge is 0.377 e. The molecule has 0 bridgehead atoms. The Bertz CT molecular complexity index is 204. The van der Waals surface area contributed by atoms with Gasteiger partial charge in [-0.25, -0.2) is 0 Å². The monoisotopic (exact) mass is 226 g/mol. The molecule has 0 amide bonds. The van der Waals surface area contributed by atoms with Gasteiger partial charge in [-0.2, -0.15) is 0 Å². The number of likely N-dealkylation sites (N-methyl/N-ethyl adjacent to an activating group) is 1. The van der Waals surface area contributed by atoms with Crippen LogP contribution in [0.5, 0.6) is 0 Å². The lowest BCUT2D eigenvalue weighted by atomic mass is 9.85. The standard InChI is InChI=1S/C13H26N2O/c1-15(10-12-6-4-8-16-12)9-11-5-2-3-7-13(11)14/h11-13H,2-10,14H2,1H3. The van der Waals surface area contributed by atoms with E-state index in [9.17, 15) is 0 Å². The molecule has 2 aliphatic rings. The molecule has 94 valence electrons. The SMILES string of the molecule is CN(CC1CCCO1)CC1CCCCC1N. The minimum atomic E-state index is 0.431. The van der Waals surface area contributed by atoms with Crippen molar-refractivity contribution in [2.75, 3.05) is 26.7 Å². The van der Waals surface area contributed by atoms with Crippen LogP contribution in [0.3, 0.4) is 0 Å². The molecule has 3 nitrogen and oxygen atoms in total. The van der Waals surface area contributed by atoms with E-state index in [-0.39, 0.29) is 0 Å². The Kier molecular flexibility index (Phi) is 4.62. The summed E-state index contributed by atoms with van der Waals surface area (Å²) in [6.07, 6.45) is 8.18. The Hall–Kier alpha value is -0.120. The molecule has 0 aromatic heterocycles. The smallest absolute Gasteiger partial charge is 0.0702 e. The Morgan fingerprint density at radius 1 is 1.12 bits per heavy atom. The van der Waals surface area contributed by atoms with E-state index < -0.39 is 0 Å². The minimum absolute atomic E-state index is 0.431. The van der Waals surface area contributed by atoms with Crippen LogP contribution in [0.4, 0.5) is 0 Å². The maximum absolute atomic E-state index is 6.18. The molecule has 2 rings (SSSR count). The van der Waals surface area contributed by atoms with Crippen LogP contribution >= 0.6 is 0 Å². The molecule has 0 aromatic rings. The molecule has 0 radical (unpaired) electrons. The van der Waals surface area contributed by atoms with Crippen molar-refractivity contribution in [2.24, 2.45) is 11.7 Å². The van der Waals surface area contributed by atoms with Gasteiger partial charge in [-0.3, -0.25) is 0 Å². The van der Waals surface area contributed by atoms with E-state index in [1.165, 1.54) is 38.5 Å². The Morgan fingerprint density at radius 2 is 1.94 bits per heavy atom. The summed E-state index contributed by atoms with van der Waals surface area (Å²) in [5.74, 6) is 0.708. The Labute approximate surface area is 99.3 Å². The van der Waals surface area contributed by atoms with Gasteiger partial charge in [0.15, 0.2) is 0 Å². The van der Waals surface area contributed by atoms with Gasteiger partial charge in [-0.05, 0) is 38.6 Å². The third-order valence-electron chi connectivity index (χ3n) is 4.05. The highest BCUT2D eigenvalue weighted by Crippen LogP contribution is 2.24. The average Bonchev–Trinajstić information content (AvgIpc) is 2.74. The lowest BCUT2D eigenvalue weighted by Gasteiger charge is -2.32. The fourth-order valence-corrected chi connectivity index (χ4v) is 3.07. The molecule has 2 N–H and O–H groups in total. The first kappa shape index (κ1) is 12.3. The molecule has 3 unspecified atom stereocenters. The molecule has 1 saturated heterocycles. The zero-order valence-electron chi connectivity index (χ0n) is 10.5. The van der Waals surface area contributed by atoms with Crippen LogP contribution in [-0.2, 0) is 4.74 Å². The average molecular weight is 226 g/mol. The molecular formula is C13H26N2O. The van der Waals surface area contributed by atoms with Crippen molar-refractivity contribution in [3.63, 3.8) is 0 Å². The third-order valence-corrected chi connectivity index (χ3v) is 4.05. The van der Waals surface area contributed by atoms with Crippen LogP contribution in [0.25, 0.3) is 0 Å². The van der Waals surface area contributed by atoms with Gasteiger partial charge in [0.05, 0.1) is 6.10 Å². The molecule has 0 aromatic carbocycles. The maximum Gasteiger partial charge on any atom is 0.0702 e. The number of hydrogen-bond acceptors (Lipinski definition) is 3. The quantitative estimate of drug-likeness (QED) is 0.791. The molecule has 1 aliphatic heterocycles. The molecule has 1 heterocycles. The van der Waals surface area contributed by atoms with E-state index in [2.05, 4.69) is 11.9 Å². The van der Waals surface area contributed by atoms with Gasteiger partial charge in [0, 0.05) is 25.7 Å².